The molecule has 2 aromatic heterocycles. The summed E-state index contributed by atoms with van der Waals surface area (Å²) in [5.74, 6) is 0.910. The minimum Gasteiger partial charge on any atom is -0.347 e. The normalized spacial score (nSPS) is 19.4. The molecule has 3 heterocycles. The molecule has 116 valence electrons. The number of nitrogens with zero attached hydrogens (tertiary/aromatic N) is 4. The Morgan fingerprint density at radius 2 is 2.27 bits per heavy atom. The smallest absolute Gasteiger partial charge is 0.272 e. The molecule has 1 N–H and O–H groups in total. The van der Waals surface area contributed by atoms with Crippen molar-refractivity contribution in [2.24, 2.45) is 0 Å². The van der Waals surface area contributed by atoms with Gasteiger partial charge in [0.05, 0.1) is 6.04 Å². The molecule has 22 heavy (non-hydrogen) atoms. The summed E-state index contributed by atoms with van der Waals surface area (Å²) in [6, 6.07) is 5.67. The first-order valence-corrected chi connectivity index (χ1v) is 7.65. The molecule has 6 nitrogen and oxygen atoms in total. The van der Waals surface area contributed by atoms with E-state index in [0.717, 1.165) is 31.2 Å². The maximum atomic E-state index is 12.7. The molecule has 0 aliphatic carbocycles. The lowest BCUT2D eigenvalue weighted by Crippen LogP contribution is -2.50. The number of imidazole rings is 1. The lowest BCUT2D eigenvalue weighted by molar-refractivity contribution is 0.0474. The van der Waals surface area contributed by atoms with Crippen molar-refractivity contribution in [1.29, 1.82) is 0 Å². The number of aromatic amines is 1. The fourth-order valence-electron chi connectivity index (χ4n) is 2.93. The maximum Gasteiger partial charge on any atom is 0.272 e. The fourth-order valence-corrected chi connectivity index (χ4v) is 2.93. The first-order chi connectivity index (χ1) is 10.7. The second-order valence-corrected chi connectivity index (χ2v) is 5.53. The van der Waals surface area contributed by atoms with Gasteiger partial charge in [0, 0.05) is 37.7 Å². The van der Waals surface area contributed by atoms with Gasteiger partial charge in [-0.3, -0.25) is 9.69 Å². The van der Waals surface area contributed by atoms with Crippen molar-refractivity contribution in [3.63, 3.8) is 0 Å². The van der Waals surface area contributed by atoms with E-state index in [2.05, 4.69) is 26.8 Å². The van der Waals surface area contributed by atoms with Gasteiger partial charge in [0.1, 0.15) is 11.5 Å². The third-order valence-electron chi connectivity index (χ3n) is 4.13. The molecule has 0 spiro atoms. The van der Waals surface area contributed by atoms with Crippen LogP contribution in [0.25, 0.3) is 0 Å². The van der Waals surface area contributed by atoms with Crippen molar-refractivity contribution in [2.75, 3.05) is 26.2 Å². The molecule has 1 atom stereocenters. The van der Waals surface area contributed by atoms with E-state index in [1.807, 2.05) is 30.2 Å². The first kappa shape index (κ1) is 14.7. The quantitative estimate of drug-likeness (QED) is 0.935. The van der Waals surface area contributed by atoms with E-state index in [-0.39, 0.29) is 11.9 Å². The van der Waals surface area contributed by atoms with E-state index in [4.69, 9.17) is 0 Å². The number of hydrogen-bond acceptors (Lipinski definition) is 4. The highest BCUT2D eigenvalue weighted by atomic mass is 16.2. The van der Waals surface area contributed by atoms with Crippen LogP contribution in [0.4, 0.5) is 0 Å². The first-order valence-electron chi connectivity index (χ1n) is 7.65. The number of carbonyl (C=O) groups is 1. The van der Waals surface area contributed by atoms with E-state index in [1.165, 1.54) is 0 Å². The number of amides is 1. The van der Waals surface area contributed by atoms with E-state index >= 15 is 0 Å². The standard InChI is InChI=1S/C16H21N5O/c1-3-20-9-10-21(11-14(20)15-17-7-8-18-15)16(22)13-6-4-5-12(2)19-13/h4-8,14H,3,9-11H2,1-2H3,(H,17,18). The zero-order valence-electron chi connectivity index (χ0n) is 13.0. The number of pyridine rings is 1. The van der Waals surface area contributed by atoms with Crippen molar-refractivity contribution in [2.45, 2.75) is 19.9 Å². The molecule has 1 fully saturated rings. The van der Waals surface area contributed by atoms with Gasteiger partial charge in [-0.15, -0.1) is 0 Å². The Hall–Kier alpha value is -2.21. The topological polar surface area (TPSA) is 65.1 Å². The summed E-state index contributed by atoms with van der Waals surface area (Å²) < 4.78 is 0. The van der Waals surface area contributed by atoms with Crippen LogP contribution >= 0.6 is 0 Å². The third kappa shape index (κ3) is 2.87. The number of piperazine rings is 1. The predicted molar refractivity (Wildman–Crippen MR) is 83.5 cm³/mol. The van der Waals surface area contributed by atoms with Gasteiger partial charge in [-0.25, -0.2) is 9.97 Å². The van der Waals surface area contributed by atoms with Gasteiger partial charge < -0.3 is 9.88 Å². The maximum absolute atomic E-state index is 12.7. The Morgan fingerprint density at radius 3 is 2.95 bits per heavy atom. The van der Waals surface area contributed by atoms with Crippen LogP contribution in [-0.4, -0.2) is 56.8 Å². The summed E-state index contributed by atoms with van der Waals surface area (Å²) >= 11 is 0. The average molecular weight is 299 g/mol. The zero-order valence-corrected chi connectivity index (χ0v) is 13.0. The van der Waals surface area contributed by atoms with Crippen LogP contribution in [0, 0.1) is 6.92 Å². The number of hydrogen-bond donors (Lipinski definition) is 1. The Morgan fingerprint density at radius 1 is 1.41 bits per heavy atom. The second-order valence-electron chi connectivity index (χ2n) is 5.53. The monoisotopic (exact) mass is 299 g/mol. The lowest BCUT2D eigenvalue weighted by Gasteiger charge is -2.39. The summed E-state index contributed by atoms with van der Waals surface area (Å²) in [4.78, 5) is 28.8. The number of H-pyrrole nitrogens is 1. The Labute approximate surface area is 130 Å². The molecule has 1 saturated heterocycles. The number of likely N-dealkylation sites (N-methyl/N-ethyl adjacent to an activating group) is 1. The van der Waals surface area contributed by atoms with E-state index in [0.29, 0.717) is 12.2 Å². The van der Waals surface area contributed by atoms with Gasteiger partial charge in [-0.1, -0.05) is 13.0 Å². The van der Waals surface area contributed by atoms with Crippen molar-refractivity contribution >= 4 is 5.91 Å². The largest absolute Gasteiger partial charge is 0.347 e. The molecule has 6 heteroatoms. The minimum atomic E-state index is -0.00370. The van der Waals surface area contributed by atoms with Crippen LogP contribution in [0.1, 0.15) is 35.0 Å². The molecule has 0 aromatic carbocycles. The van der Waals surface area contributed by atoms with Gasteiger partial charge in [-0.2, -0.15) is 0 Å². The van der Waals surface area contributed by atoms with E-state index in [9.17, 15) is 4.79 Å². The van der Waals surface area contributed by atoms with Gasteiger partial charge in [-0.05, 0) is 25.6 Å². The molecule has 1 aliphatic heterocycles. The summed E-state index contributed by atoms with van der Waals surface area (Å²) in [6.07, 6.45) is 3.58. The molecule has 0 radical (unpaired) electrons. The number of carbonyl (C=O) groups excluding carboxylic acids is 1. The molecule has 0 saturated carbocycles. The van der Waals surface area contributed by atoms with Gasteiger partial charge in [0.25, 0.3) is 5.91 Å². The van der Waals surface area contributed by atoms with Crippen LogP contribution in [-0.2, 0) is 0 Å². The summed E-state index contributed by atoms with van der Waals surface area (Å²) in [5, 5.41) is 0. The number of aryl methyl sites for hydroxylation is 1. The van der Waals surface area contributed by atoms with Gasteiger partial charge in [0.15, 0.2) is 0 Å². The average Bonchev–Trinajstić information content (AvgIpc) is 3.08. The second kappa shape index (κ2) is 6.27. The molecule has 1 amide bonds. The number of rotatable bonds is 3. The van der Waals surface area contributed by atoms with Gasteiger partial charge >= 0.3 is 0 Å². The van der Waals surface area contributed by atoms with Crippen LogP contribution in [0.2, 0.25) is 0 Å². The molecular weight excluding hydrogens is 278 g/mol. The molecule has 1 unspecified atom stereocenters. The van der Waals surface area contributed by atoms with Crippen molar-refractivity contribution in [3.05, 3.63) is 47.8 Å². The predicted octanol–water partition coefficient (Wildman–Crippen LogP) is 1.63. The Kier molecular flexibility index (Phi) is 4.20. The molecule has 3 rings (SSSR count). The van der Waals surface area contributed by atoms with Crippen molar-refractivity contribution < 1.29 is 4.79 Å². The fraction of sp³-hybridized carbons (Fsp3) is 0.438. The van der Waals surface area contributed by atoms with Gasteiger partial charge in [0.2, 0.25) is 0 Å². The molecule has 2 aromatic rings. The van der Waals surface area contributed by atoms with Crippen LogP contribution in [0.15, 0.2) is 30.6 Å². The van der Waals surface area contributed by atoms with Crippen molar-refractivity contribution in [3.8, 4) is 0 Å². The van der Waals surface area contributed by atoms with Crippen molar-refractivity contribution in [1.82, 2.24) is 24.8 Å². The third-order valence-corrected chi connectivity index (χ3v) is 4.13. The highest BCUT2D eigenvalue weighted by molar-refractivity contribution is 5.92. The minimum absolute atomic E-state index is 0.00370. The number of nitrogens with one attached hydrogen (secondary N) is 1. The van der Waals surface area contributed by atoms with Crippen LogP contribution in [0.3, 0.4) is 0 Å². The van der Waals surface area contributed by atoms with Crippen LogP contribution < -0.4 is 0 Å². The van der Waals surface area contributed by atoms with E-state index < -0.39 is 0 Å². The Balaban J connectivity index is 1.79. The number of aromatic nitrogens is 3. The zero-order chi connectivity index (χ0) is 15.5. The highest BCUT2D eigenvalue weighted by Crippen LogP contribution is 2.23. The summed E-state index contributed by atoms with van der Waals surface area (Å²) in [6.45, 7) is 7.18. The Bertz CT molecular complexity index is 640. The molecular formula is C16H21N5O. The molecule has 0 bridgehead atoms. The van der Waals surface area contributed by atoms with Crippen LogP contribution in [0.5, 0.6) is 0 Å². The SMILES string of the molecule is CCN1CCN(C(=O)c2cccc(C)n2)CC1c1ncc[nH]1. The highest BCUT2D eigenvalue weighted by Gasteiger charge is 2.31. The van der Waals surface area contributed by atoms with E-state index in [1.54, 1.807) is 12.3 Å². The molecule has 1 aliphatic rings. The lowest BCUT2D eigenvalue weighted by atomic mass is 10.1. The summed E-state index contributed by atoms with van der Waals surface area (Å²) in [5.41, 5.74) is 1.38. The summed E-state index contributed by atoms with van der Waals surface area (Å²) in [7, 11) is 0.